The summed E-state index contributed by atoms with van der Waals surface area (Å²) >= 11 is 0. The molecule has 36 heavy (non-hydrogen) atoms. The van der Waals surface area contributed by atoms with Crippen LogP contribution in [0, 0.1) is 5.82 Å². The fourth-order valence-corrected chi connectivity index (χ4v) is 4.90. The predicted molar refractivity (Wildman–Crippen MR) is 133 cm³/mol. The van der Waals surface area contributed by atoms with Crippen molar-refractivity contribution in [3.63, 3.8) is 0 Å². The van der Waals surface area contributed by atoms with E-state index in [4.69, 9.17) is 0 Å². The topological polar surface area (TPSA) is 89.7 Å². The molecular weight excluding hydrogens is 464 g/mol. The molecule has 0 saturated heterocycles. The molecule has 4 heterocycles. The molecule has 1 aromatic carbocycles. The first-order valence-corrected chi connectivity index (χ1v) is 12.2. The molecule has 0 atom stereocenters. The zero-order valence-corrected chi connectivity index (χ0v) is 20.2. The molecule has 3 aromatic heterocycles. The van der Waals surface area contributed by atoms with E-state index in [2.05, 4.69) is 37.7 Å². The van der Waals surface area contributed by atoms with Gasteiger partial charge in [-0.3, -0.25) is 9.18 Å². The molecule has 6 rings (SSSR count). The highest BCUT2D eigenvalue weighted by Crippen LogP contribution is 2.48. The van der Waals surface area contributed by atoms with Crippen molar-refractivity contribution < 1.29 is 8.78 Å². The number of hydrogen-bond acceptors (Lipinski definition) is 6. The van der Waals surface area contributed by atoms with Crippen molar-refractivity contribution in [2.24, 2.45) is 0 Å². The first kappa shape index (κ1) is 22.8. The molecule has 4 aromatic rings. The molecule has 2 N–H and O–H groups in total. The number of anilines is 2. The van der Waals surface area contributed by atoms with Gasteiger partial charge in [0, 0.05) is 29.9 Å². The normalized spacial score (nSPS) is 16.4. The first-order valence-electron chi connectivity index (χ1n) is 12.2. The molecule has 0 bridgehead atoms. The van der Waals surface area contributed by atoms with Gasteiger partial charge in [-0.25, -0.2) is 23.7 Å². The molecule has 0 radical (unpaired) electrons. The third kappa shape index (κ3) is 3.67. The van der Waals surface area contributed by atoms with E-state index in [1.807, 2.05) is 19.9 Å². The van der Waals surface area contributed by atoms with E-state index in [0.29, 0.717) is 18.5 Å². The maximum Gasteiger partial charge on any atom is 0.278 e. The van der Waals surface area contributed by atoms with Gasteiger partial charge in [0.1, 0.15) is 12.1 Å². The number of benzene rings is 1. The second-order valence-corrected chi connectivity index (χ2v) is 9.94. The van der Waals surface area contributed by atoms with Crippen LogP contribution in [0.2, 0.25) is 0 Å². The van der Waals surface area contributed by atoms with Gasteiger partial charge in [-0.15, -0.1) is 0 Å². The second-order valence-electron chi connectivity index (χ2n) is 9.94. The lowest BCUT2D eigenvalue weighted by atomic mass is 10.0. The fourth-order valence-electron chi connectivity index (χ4n) is 4.90. The Morgan fingerprint density at radius 1 is 1.17 bits per heavy atom. The minimum absolute atomic E-state index is 0.0717. The van der Waals surface area contributed by atoms with Gasteiger partial charge in [0.15, 0.2) is 17.3 Å². The standard InChI is InChI=1S/C26H27F2N7O/c1-15(2)34-24(36)19-13-30-25(31-18-4-3-16-7-10-29-12-17(16)11-18)33-22(19)35(34)23-20(28)5-6-21(32-23)26(14-27)8-9-26/h3-6,11,13,15,29H,7-10,12,14H2,1-2H3,(H,30,31,33). The van der Waals surface area contributed by atoms with E-state index in [1.165, 1.54) is 38.8 Å². The van der Waals surface area contributed by atoms with Crippen LogP contribution in [-0.2, 0) is 18.4 Å². The van der Waals surface area contributed by atoms with Crippen molar-refractivity contribution in [2.75, 3.05) is 18.5 Å². The van der Waals surface area contributed by atoms with Gasteiger partial charge in [-0.1, -0.05) is 6.07 Å². The summed E-state index contributed by atoms with van der Waals surface area (Å²) in [6.07, 6.45) is 3.76. The van der Waals surface area contributed by atoms with E-state index in [1.54, 1.807) is 0 Å². The lowest BCUT2D eigenvalue weighted by Gasteiger charge is -2.18. The maximum absolute atomic E-state index is 15.2. The number of nitrogens with one attached hydrogen (secondary N) is 2. The molecular formula is C26H27F2N7O. The van der Waals surface area contributed by atoms with Gasteiger partial charge in [0.2, 0.25) is 5.95 Å². The Bertz CT molecular complexity index is 1540. The summed E-state index contributed by atoms with van der Waals surface area (Å²) in [7, 11) is 0. The monoisotopic (exact) mass is 491 g/mol. The van der Waals surface area contributed by atoms with Crippen molar-refractivity contribution in [1.82, 2.24) is 29.6 Å². The molecule has 10 heteroatoms. The molecule has 0 unspecified atom stereocenters. The number of fused-ring (bicyclic) bond motifs is 2. The van der Waals surface area contributed by atoms with Crippen molar-refractivity contribution in [1.29, 1.82) is 0 Å². The molecule has 2 aliphatic rings. The minimum atomic E-state index is -0.669. The molecule has 186 valence electrons. The number of nitrogens with zero attached hydrogens (tertiary/aromatic N) is 5. The summed E-state index contributed by atoms with van der Waals surface area (Å²) < 4.78 is 31.8. The molecule has 1 aliphatic carbocycles. The summed E-state index contributed by atoms with van der Waals surface area (Å²) in [6, 6.07) is 8.62. The number of aromatic nitrogens is 5. The molecule has 1 fully saturated rings. The van der Waals surface area contributed by atoms with Gasteiger partial charge in [0.05, 0.1) is 5.69 Å². The van der Waals surface area contributed by atoms with Crippen LogP contribution in [0.3, 0.4) is 0 Å². The largest absolute Gasteiger partial charge is 0.324 e. The zero-order chi connectivity index (χ0) is 25.0. The minimum Gasteiger partial charge on any atom is -0.324 e. The summed E-state index contributed by atoms with van der Waals surface area (Å²) in [5.74, 6) is -0.410. The number of pyridine rings is 1. The van der Waals surface area contributed by atoms with Gasteiger partial charge < -0.3 is 10.6 Å². The fraction of sp³-hybridized carbons (Fsp3) is 0.385. The summed E-state index contributed by atoms with van der Waals surface area (Å²) in [4.78, 5) is 26.8. The molecule has 1 aliphatic heterocycles. The lowest BCUT2D eigenvalue weighted by Crippen LogP contribution is -2.26. The Hall–Kier alpha value is -3.66. The first-order chi connectivity index (χ1) is 17.4. The predicted octanol–water partition coefficient (Wildman–Crippen LogP) is 4.09. The Morgan fingerprint density at radius 2 is 2.00 bits per heavy atom. The lowest BCUT2D eigenvalue weighted by molar-refractivity contribution is 0.408. The molecule has 0 amide bonds. The highest BCUT2D eigenvalue weighted by Gasteiger charge is 2.46. The van der Waals surface area contributed by atoms with Crippen LogP contribution in [0.15, 0.2) is 41.3 Å². The third-order valence-corrected chi connectivity index (χ3v) is 7.14. The second kappa shape index (κ2) is 8.48. The van der Waals surface area contributed by atoms with Gasteiger partial charge >= 0.3 is 0 Å². The Balaban J connectivity index is 1.48. The molecule has 8 nitrogen and oxygen atoms in total. The number of hydrogen-bond donors (Lipinski definition) is 2. The van der Waals surface area contributed by atoms with Gasteiger partial charge in [0.25, 0.3) is 5.56 Å². The van der Waals surface area contributed by atoms with Crippen molar-refractivity contribution in [3.05, 3.63) is 69.5 Å². The van der Waals surface area contributed by atoms with Gasteiger partial charge in [-0.2, -0.15) is 4.98 Å². The SMILES string of the molecule is CC(C)n1c(=O)c2cnc(Nc3ccc4c(c3)CNCC4)nc2n1-c1nc(C2(CF)CC2)ccc1F. The number of rotatable bonds is 6. The van der Waals surface area contributed by atoms with E-state index >= 15 is 4.39 Å². The van der Waals surface area contributed by atoms with E-state index in [9.17, 15) is 9.18 Å². The summed E-state index contributed by atoms with van der Waals surface area (Å²) in [5, 5.41) is 6.83. The van der Waals surface area contributed by atoms with Crippen LogP contribution in [0.4, 0.5) is 20.4 Å². The highest BCUT2D eigenvalue weighted by molar-refractivity contribution is 5.77. The Kier molecular flexibility index (Phi) is 5.36. The zero-order valence-electron chi connectivity index (χ0n) is 20.2. The molecule has 1 saturated carbocycles. The summed E-state index contributed by atoms with van der Waals surface area (Å²) in [6.45, 7) is 4.86. The Morgan fingerprint density at radius 3 is 2.75 bits per heavy atom. The highest BCUT2D eigenvalue weighted by atomic mass is 19.1. The van der Waals surface area contributed by atoms with E-state index in [0.717, 1.165) is 25.2 Å². The van der Waals surface area contributed by atoms with Crippen LogP contribution < -0.4 is 16.2 Å². The summed E-state index contributed by atoms with van der Waals surface area (Å²) in [5.41, 5.74) is 3.04. The average molecular weight is 492 g/mol. The number of halogens is 2. The van der Waals surface area contributed by atoms with E-state index < -0.39 is 17.9 Å². The van der Waals surface area contributed by atoms with Crippen LogP contribution in [0.5, 0.6) is 0 Å². The third-order valence-electron chi connectivity index (χ3n) is 7.14. The van der Waals surface area contributed by atoms with Gasteiger partial charge in [-0.05, 0) is 75.0 Å². The average Bonchev–Trinajstić information content (AvgIpc) is 3.63. The van der Waals surface area contributed by atoms with Crippen molar-refractivity contribution in [2.45, 2.75) is 51.1 Å². The smallest absolute Gasteiger partial charge is 0.278 e. The van der Waals surface area contributed by atoms with Crippen molar-refractivity contribution in [3.8, 4) is 5.82 Å². The van der Waals surface area contributed by atoms with Crippen LogP contribution >= 0.6 is 0 Å². The quantitative estimate of drug-likeness (QED) is 0.422. The van der Waals surface area contributed by atoms with Crippen LogP contribution in [-0.4, -0.2) is 37.5 Å². The maximum atomic E-state index is 15.2. The van der Waals surface area contributed by atoms with Crippen LogP contribution in [0.25, 0.3) is 16.9 Å². The van der Waals surface area contributed by atoms with Crippen molar-refractivity contribution >= 4 is 22.7 Å². The van der Waals surface area contributed by atoms with Crippen LogP contribution in [0.1, 0.15) is 49.6 Å². The van der Waals surface area contributed by atoms with E-state index in [-0.39, 0.29) is 34.4 Å². The number of alkyl halides is 1. The Labute approximate surface area is 206 Å². The molecule has 0 spiro atoms.